The van der Waals surface area contributed by atoms with Gasteiger partial charge >= 0.3 is 6.09 Å². The van der Waals surface area contributed by atoms with Crippen LogP contribution in [0.4, 0.5) is 10.5 Å². The molecule has 0 bridgehead atoms. The van der Waals surface area contributed by atoms with Gasteiger partial charge in [-0.15, -0.1) is 0 Å². The molecule has 0 unspecified atom stereocenters. The Bertz CT molecular complexity index is 388. The average Bonchev–Trinajstić information content (AvgIpc) is 2.29. The number of carbonyl (C=O) groups excluding carboxylic acids is 1. The van der Waals surface area contributed by atoms with Crippen molar-refractivity contribution in [3.05, 3.63) is 30.3 Å². The Balaban J connectivity index is 2.91. The largest absolute Gasteiger partial charge is 0.497 e. The minimum Gasteiger partial charge on any atom is -0.497 e. The number of hydrogen-bond acceptors (Lipinski definition) is 3. The Hall–Kier alpha value is -1.97. The van der Waals surface area contributed by atoms with E-state index in [0.29, 0.717) is 18.0 Å². The van der Waals surface area contributed by atoms with Crippen molar-refractivity contribution in [2.45, 2.75) is 6.92 Å². The molecule has 16 heavy (non-hydrogen) atoms. The van der Waals surface area contributed by atoms with E-state index in [1.54, 1.807) is 32.2 Å². The first kappa shape index (κ1) is 12.1. The molecule has 0 heterocycles. The molecule has 0 fully saturated rings. The van der Waals surface area contributed by atoms with Crippen LogP contribution in [-0.4, -0.2) is 19.8 Å². The summed E-state index contributed by atoms with van der Waals surface area (Å²) in [6.07, 6.45) is 1.17. The van der Waals surface area contributed by atoms with Crippen LogP contribution in [0.2, 0.25) is 0 Å². The third-order valence-corrected chi connectivity index (χ3v) is 1.99. The number of rotatable bonds is 4. The van der Waals surface area contributed by atoms with E-state index in [1.807, 2.05) is 6.07 Å². The van der Waals surface area contributed by atoms with Gasteiger partial charge in [-0.25, -0.2) is 4.79 Å². The molecule has 1 N–H and O–H groups in total. The van der Waals surface area contributed by atoms with Crippen LogP contribution in [0.15, 0.2) is 24.8 Å². The predicted octanol–water partition coefficient (Wildman–Crippen LogP) is 2.91. The molecule has 0 aliphatic heterocycles. The second kappa shape index (κ2) is 5.80. The zero-order valence-corrected chi connectivity index (χ0v) is 9.45. The van der Waals surface area contributed by atoms with Gasteiger partial charge in [0.25, 0.3) is 0 Å². The fraction of sp³-hybridized carbons (Fsp3) is 0.250. The van der Waals surface area contributed by atoms with Crippen LogP contribution < -0.4 is 10.1 Å². The van der Waals surface area contributed by atoms with E-state index in [2.05, 4.69) is 11.9 Å². The van der Waals surface area contributed by atoms with Gasteiger partial charge in [-0.3, -0.25) is 5.32 Å². The molecule has 0 spiro atoms. The van der Waals surface area contributed by atoms with E-state index in [1.165, 1.54) is 0 Å². The SMILES string of the molecule is C=Cc1ccc(OC)cc1NC(=O)OCC. The van der Waals surface area contributed by atoms with Crippen LogP contribution >= 0.6 is 0 Å². The van der Waals surface area contributed by atoms with Crippen molar-refractivity contribution >= 4 is 17.9 Å². The van der Waals surface area contributed by atoms with Gasteiger partial charge in [0.05, 0.1) is 19.4 Å². The van der Waals surface area contributed by atoms with E-state index in [9.17, 15) is 4.79 Å². The van der Waals surface area contributed by atoms with Gasteiger partial charge in [-0.05, 0) is 24.6 Å². The van der Waals surface area contributed by atoms with Gasteiger partial charge < -0.3 is 9.47 Å². The summed E-state index contributed by atoms with van der Waals surface area (Å²) in [6.45, 7) is 5.75. The molecular weight excluding hydrogens is 206 g/mol. The normalized spacial score (nSPS) is 9.38. The van der Waals surface area contributed by atoms with Crippen molar-refractivity contribution in [1.29, 1.82) is 0 Å². The van der Waals surface area contributed by atoms with Crippen LogP contribution in [0.5, 0.6) is 5.75 Å². The standard InChI is InChI=1S/C12H15NO3/c1-4-9-6-7-10(15-3)8-11(9)13-12(14)16-5-2/h4,6-8H,1,5H2,2-3H3,(H,13,14). The molecule has 1 aromatic rings. The maximum atomic E-state index is 11.3. The molecule has 4 heteroatoms. The van der Waals surface area contributed by atoms with Gasteiger partial charge in [0.2, 0.25) is 0 Å². The van der Waals surface area contributed by atoms with Gasteiger partial charge in [-0.2, -0.15) is 0 Å². The lowest BCUT2D eigenvalue weighted by Gasteiger charge is -2.10. The molecule has 0 aliphatic carbocycles. The molecule has 0 saturated carbocycles. The van der Waals surface area contributed by atoms with Crippen LogP contribution in [0, 0.1) is 0 Å². The Kier molecular flexibility index (Phi) is 4.39. The number of benzene rings is 1. The van der Waals surface area contributed by atoms with Crippen LogP contribution in [0.1, 0.15) is 12.5 Å². The highest BCUT2D eigenvalue weighted by Crippen LogP contribution is 2.23. The van der Waals surface area contributed by atoms with Crippen molar-refractivity contribution in [2.75, 3.05) is 19.0 Å². The number of hydrogen-bond donors (Lipinski definition) is 1. The monoisotopic (exact) mass is 221 g/mol. The molecule has 0 saturated heterocycles. The molecule has 86 valence electrons. The van der Waals surface area contributed by atoms with Crippen molar-refractivity contribution in [3.63, 3.8) is 0 Å². The summed E-state index contributed by atoms with van der Waals surface area (Å²) in [7, 11) is 1.57. The fourth-order valence-electron chi connectivity index (χ4n) is 1.23. The maximum Gasteiger partial charge on any atom is 0.411 e. The summed E-state index contributed by atoms with van der Waals surface area (Å²) in [5, 5.41) is 2.62. The summed E-state index contributed by atoms with van der Waals surface area (Å²) < 4.78 is 9.86. The van der Waals surface area contributed by atoms with Crippen molar-refractivity contribution in [1.82, 2.24) is 0 Å². The number of anilines is 1. The Morgan fingerprint density at radius 1 is 1.56 bits per heavy atom. The van der Waals surface area contributed by atoms with Crippen LogP contribution in [0.25, 0.3) is 6.08 Å². The third-order valence-electron chi connectivity index (χ3n) is 1.99. The Morgan fingerprint density at radius 2 is 2.31 bits per heavy atom. The highest BCUT2D eigenvalue weighted by molar-refractivity contribution is 5.88. The van der Waals surface area contributed by atoms with E-state index < -0.39 is 6.09 Å². The Labute approximate surface area is 94.9 Å². The van der Waals surface area contributed by atoms with Crippen LogP contribution in [-0.2, 0) is 4.74 Å². The third kappa shape index (κ3) is 3.02. The topological polar surface area (TPSA) is 47.6 Å². The Morgan fingerprint density at radius 3 is 2.88 bits per heavy atom. The zero-order chi connectivity index (χ0) is 12.0. The summed E-state index contributed by atoms with van der Waals surface area (Å²) in [5.41, 5.74) is 1.43. The van der Waals surface area contributed by atoms with Crippen molar-refractivity contribution in [3.8, 4) is 5.75 Å². The smallest absolute Gasteiger partial charge is 0.411 e. The lowest BCUT2D eigenvalue weighted by Crippen LogP contribution is -2.14. The lowest BCUT2D eigenvalue weighted by atomic mass is 10.1. The van der Waals surface area contributed by atoms with Gasteiger partial charge in [0.1, 0.15) is 5.75 Å². The maximum absolute atomic E-state index is 11.3. The number of carbonyl (C=O) groups is 1. The number of ether oxygens (including phenoxy) is 2. The van der Waals surface area contributed by atoms with E-state index in [-0.39, 0.29) is 0 Å². The van der Waals surface area contributed by atoms with Gasteiger partial charge in [0, 0.05) is 6.07 Å². The van der Waals surface area contributed by atoms with Gasteiger partial charge in [-0.1, -0.05) is 12.7 Å². The summed E-state index contributed by atoms with van der Waals surface area (Å²) in [6, 6.07) is 5.33. The highest BCUT2D eigenvalue weighted by atomic mass is 16.5. The molecule has 0 aliphatic rings. The van der Waals surface area contributed by atoms with E-state index in [4.69, 9.17) is 9.47 Å². The predicted molar refractivity (Wildman–Crippen MR) is 63.7 cm³/mol. The fourth-order valence-corrected chi connectivity index (χ4v) is 1.23. The first-order valence-electron chi connectivity index (χ1n) is 4.95. The lowest BCUT2D eigenvalue weighted by molar-refractivity contribution is 0.168. The van der Waals surface area contributed by atoms with Crippen LogP contribution in [0.3, 0.4) is 0 Å². The first-order valence-corrected chi connectivity index (χ1v) is 4.95. The molecule has 1 amide bonds. The molecule has 0 atom stereocenters. The van der Waals surface area contributed by atoms with E-state index in [0.717, 1.165) is 5.56 Å². The summed E-state index contributed by atoms with van der Waals surface area (Å²) >= 11 is 0. The quantitative estimate of drug-likeness (QED) is 0.850. The van der Waals surface area contributed by atoms with Crippen molar-refractivity contribution < 1.29 is 14.3 Å². The average molecular weight is 221 g/mol. The number of methoxy groups -OCH3 is 1. The molecule has 0 aromatic heterocycles. The molecule has 4 nitrogen and oxygen atoms in total. The minimum absolute atomic E-state index is 0.333. The molecule has 1 aromatic carbocycles. The number of amides is 1. The van der Waals surface area contributed by atoms with E-state index >= 15 is 0 Å². The highest BCUT2D eigenvalue weighted by Gasteiger charge is 2.06. The molecule has 1 rings (SSSR count). The first-order chi connectivity index (χ1) is 7.71. The molecular formula is C12H15NO3. The second-order valence-electron chi connectivity index (χ2n) is 3.00. The van der Waals surface area contributed by atoms with Gasteiger partial charge in [0.15, 0.2) is 0 Å². The minimum atomic E-state index is -0.487. The summed E-state index contributed by atoms with van der Waals surface area (Å²) in [4.78, 5) is 11.3. The second-order valence-corrected chi connectivity index (χ2v) is 3.00. The zero-order valence-electron chi connectivity index (χ0n) is 9.45. The van der Waals surface area contributed by atoms with Crippen molar-refractivity contribution in [2.24, 2.45) is 0 Å². The number of nitrogens with one attached hydrogen (secondary N) is 1. The summed E-state index contributed by atoms with van der Waals surface area (Å²) in [5.74, 6) is 0.664. The molecule has 0 radical (unpaired) electrons.